The van der Waals surface area contributed by atoms with Crippen LogP contribution in [0, 0.1) is 0 Å². The monoisotopic (exact) mass is 371 g/mol. The number of hydrogen-bond donors (Lipinski definition) is 0. The summed E-state index contributed by atoms with van der Waals surface area (Å²) in [5.74, 6) is 0. The zero-order chi connectivity index (χ0) is 17.0. The van der Waals surface area contributed by atoms with Crippen LogP contribution in [-0.2, 0) is 9.47 Å². The van der Waals surface area contributed by atoms with Gasteiger partial charge in [-0.3, -0.25) is 0 Å². The Labute approximate surface area is 153 Å². The van der Waals surface area contributed by atoms with Gasteiger partial charge in [-0.1, -0.05) is 12.8 Å². The first kappa shape index (κ1) is 18.5. The number of morpholine rings is 2. The Kier molecular flexibility index (Phi) is 6.62. The summed E-state index contributed by atoms with van der Waals surface area (Å²) < 4.78 is 23.1. The first-order valence-electron chi connectivity index (χ1n) is 10.5. The van der Waals surface area contributed by atoms with Gasteiger partial charge in [-0.2, -0.15) is 0 Å². The zero-order valence-corrected chi connectivity index (χ0v) is 16.7. The molecule has 4 aliphatic heterocycles. The average molecular weight is 371 g/mol. The van der Waals surface area contributed by atoms with Gasteiger partial charge in [-0.05, 0) is 25.7 Å². The van der Waals surface area contributed by atoms with Crippen molar-refractivity contribution in [2.45, 2.75) is 38.5 Å². The van der Waals surface area contributed by atoms with Gasteiger partial charge in [0.25, 0.3) is 0 Å². The first-order valence-corrected chi connectivity index (χ1v) is 12.1. The summed E-state index contributed by atoms with van der Waals surface area (Å²) in [6.07, 6.45) is 8.27. The Balaban J connectivity index is 1.70. The lowest BCUT2D eigenvalue weighted by atomic mass is 10.2. The molecule has 0 aromatic heterocycles. The summed E-state index contributed by atoms with van der Waals surface area (Å²) in [5, 5.41) is 0. The van der Waals surface area contributed by atoms with E-state index >= 15 is 0 Å². The van der Waals surface area contributed by atoms with E-state index in [1.165, 1.54) is 64.7 Å². The van der Waals surface area contributed by atoms with Crippen LogP contribution in [0.5, 0.6) is 0 Å². The first-order chi connectivity index (χ1) is 12.4. The Morgan fingerprint density at radius 3 is 1.08 bits per heavy atom. The molecule has 6 nitrogen and oxygen atoms in total. The summed E-state index contributed by atoms with van der Waals surface area (Å²) in [6.45, 7) is 13.1. The Morgan fingerprint density at radius 2 is 0.720 bits per heavy atom. The second-order valence-corrected chi connectivity index (χ2v) is 11.0. The van der Waals surface area contributed by atoms with Gasteiger partial charge in [0.05, 0.1) is 52.6 Å². The molecule has 4 heterocycles. The molecule has 0 bridgehead atoms. The number of piperidine rings is 2. The van der Waals surface area contributed by atoms with E-state index in [0.717, 1.165) is 52.6 Å². The van der Waals surface area contributed by atoms with E-state index in [1.807, 2.05) is 0 Å². The molecular weight excluding hydrogens is 335 g/mol. The lowest BCUT2D eigenvalue weighted by molar-refractivity contribution is 0.0393. The Hall–Kier alpha value is 0.190. The van der Waals surface area contributed by atoms with Crippen LogP contribution in [0.3, 0.4) is 0 Å². The molecule has 0 radical (unpaired) electrons. The summed E-state index contributed by atoms with van der Waals surface area (Å²) in [6, 6.07) is 0. The van der Waals surface area contributed by atoms with Crippen molar-refractivity contribution in [3.8, 4) is 0 Å². The molecule has 25 heavy (non-hydrogen) atoms. The van der Waals surface area contributed by atoms with Crippen LogP contribution in [0.2, 0.25) is 0 Å². The summed E-state index contributed by atoms with van der Waals surface area (Å²) in [5.41, 5.74) is 0. The molecule has 0 N–H and O–H groups in total. The standard InChI is InChI=1S/C18H36N4O2P/c1-3-7-19(8-4-1)25(20-9-5-2-6-10-20,21-11-15-23-16-12-21)22-13-17-24-18-14-22/h1-18H2/q+1. The Bertz CT molecular complexity index is 326. The number of ether oxygens (including phenoxy) is 2. The van der Waals surface area contributed by atoms with Crippen molar-refractivity contribution >= 4 is 7.87 Å². The van der Waals surface area contributed by atoms with Crippen molar-refractivity contribution in [2.24, 2.45) is 0 Å². The molecular formula is C18H36N4O2P+. The lowest BCUT2D eigenvalue weighted by Crippen LogP contribution is -2.58. The van der Waals surface area contributed by atoms with Crippen LogP contribution < -0.4 is 0 Å². The quantitative estimate of drug-likeness (QED) is 0.705. The molecule has 4 saturated heterocycles. The molecule has 0 aromatic rings. The highest BCUT2D eigenvalue weighted by atomic mass is 31.2. The molecule has 7 heteroatoms. The smallest absolute Gasteiger partial charge is 0.308 e. The normalized spacial score (nSPS) is 29.8. The summed E-state index contributed by atoms with van der Waals surface area (Å²) in [4.78, 5) is 0. The molecule has 0 spiro atoms. The van der Waals surface area contributed by atoms with Crippen molar-refractivity contribution < 1.29 is 9.47 Å². The maximum absolute atomic E-state index is 5.75. The van der Waals surface area contributed by atoms with Gasteiger partial charge < -0.3 is 9.47 Å². The predicted octanol–water partition coefficient (Wildman–Crippen LogP) is 2.30. The number of nitrogens with zero attached hydrogens (tertiary/aromatic N) is 4. The molecule has 0 aromatic carbocycles. The van der Waals surface area contributed by atoms with Gasteiger partial charge in [-0.15, -0.1) is 18.7 Å². The molecule has 4 aliphatic rings. The average Bonchev–Trinajstić information content (AvgIpc) is 2.72. The minimum absolute atomic E-state index is 0.897. The van der Waals surface area contributed by atoms with E-state index in [4.69, 9.17) is 9.47 Å². The van der Waals surface area contributed by atoms with Crippen LogP contribution in [0.25, 0.3) is 0 Å². The van der Waals surface area contributed by atoms with Crippen LogP contribution in [0.4, 0.5) is 0 Å². The van der Waals surface area contributed by atoms with E-state index in [9.17, 15) is 0 Å². The van der Waals surface area contributed by atoms with Crippen molar-refractivity contribution in [1.29, 1.82) is 0 Å². The van der Waals surface area contributed by atoms with Gasteiger partial charge in [-0.25, -0.2) is 0 Å². The minimum Gasteiger partial charge on any atom is -0.378 e. The van der Waals surface area contributed by atoms with Gasteiger partial charge in [0.15, 0.2) is 0 Å². The van der Waals surface area contributed by atoms with Crippen LogP contribution in [0.1, 0.15) is 38.5 Å². The predicted molar refractivity (Wildman–Crippen MR) is 103 cm³/mol. The van der Waals surface area contributed by atoms with Crippen LogP contribution in [-0.4, -0.2) is 97.5 Å². The van der Waals surface area contributed by atoms with Gasteiger partial charge >= 0.3 is 7.87 Å². The van der Waals surface area contributed by atoms with E-state index in [2.05, 4.69) is 18.7 Å². The summed E-state index contributed by atoms with van der Waals surface area (Å²) >= 11 is 0. The molecule has 0 saturated carbocycles. The van der Waals surface area contributed by atoms with E-state index < -0.39 is 7.87 Å². The number of rotatable bonds is 4. The van der Waals surface area contributed by atoms with E-state index in [1.54, 1.807) is 0 Å². The largest absolute Gasteiger partial charge is 0.378 e. The Morgan fingerprint density at radius 1 is 0.400 bits per heavy atom. The molecule has 0 amide bonds. The van der Waals surface area contributed by atoms with Crippen molar-refractivity contribution in [2.75, 3.05) is 78.8 Å². The fourth-order valence-electron chi connectivity index (χ4n) is 5.01. The minimum atomic E-state index is -1.62. The van der Waals surface area contributed by atoms with Crippen molar-refractivity contribution in [3.05, 3.63) is 0 Å². The topological polar surface area (TPSA) is 31.4 Å². The van der Waals surface area contributed by atoms with Gasteiger partial charge in [0.2, 0.25) is 0 Å². The van der Waals surface area contributed by atoms with Crippen molar-refractivity contribution in [3.63, 3.8) is 0 Å². The van der Waals surface area contributed by atoms with Crippen LogP contribution in [0.15, 0.2) is 0 Å². The van der Waals surface area contributed by atoms with E-state index in [0.29, 0.717) is 0 Å². The lowest BCUT2D eigenvalue weighted by Gasteiger charge is -2.54. The second-order valence-electron chi connectivity index (χ2n) is 7.70. The highest BCUT2D eigenvalue weighted by Gasteiger charge is 2.62. The SMILES string of the molecule is C1CCN([P+](N2CCCCC2)(N2CCOCC2)N2CCOCC2)CC1. The molecule has 144 valence electrons. The molecule has 0 unspecified atom stereocenters. The maximum atomic E-state index is 5.75. The second kappa shape index (κ2) is 8.92. The third-order valence-corrected chi connectivity index (χ3v) is 10.8. The molecule has 4 rings (SSSR count). The van der Waals surface area contributed by atoms with Gasteiger partial charge in [0.1, 0.15) is 0 Å². The third kappa shape index (κ3) is 3.77. The fourth-order valence-corrected chi connectivity index (χ4v) is 10.2. The number of hydrogen-bond acceptors (Lipinski definition) is 6. The third-order valence-electron chi connectivity index (χ3n) is 6.16. The van der Waals surface area contributed by atoms with Crippen molar-refractivity contribution in [1.82, 2.24) is 18.7 Å². The van der Waals surface area contributed by atoms with E-state index in [-0.39, 0.29) is 0 Å². The van der Waals surface area contributed by atoms with Crippen LogP contribution >= 0.6 is 7.87 Å². The highest BCUT2D eigenvalue weighted by Crippen LogP contribution is 2.71. The summed E-state index contributed by atoms with van der Waals surface area (Å²) in [7, 11) is -1.62. The highest BCUT2D eigenvalue weighted by molar-refractivity contribution is 7.66. The fraction of sp³-hybridized carbons (Fsp3) is 1.00. The molecule has 0 atom stereocenters. The maximum Gasteiger partial charge on any atom is 0.308 e. The molecule has 0 aliphatic carbocycles. The van der Waals surface area contributed by atoms with Gasteiger partial charge in [0, 0.05) is 26.2 Å². The molecule has 4 fully saturated rings. The zero-order valence-electron chi connectivity index (χ0n) is 15.8.